The number of benzene rings is 2. The van der Waals surface area contributed by atoms with Gasteiger partial charge in [0.1, 0.15) is 5.75 Å². The number of rotatable bonds is 1. The summed E-state index contributed by atoms with van der Waals surface area (Å²) in [6.07, 6.45) is -0.452. The van der Waals surface area contributed by atoms with Crippen molar-refractivity contribution in [1.82, 2.24) is 5.32 Å². The first-order valence-electron chi connectivity index (χ1n) is 5.02. The minimum Gasteiger partial charge on any atom is -0.410 e. The van der Waals surface area contributed by atoms with E-state index in [1.807, 2.05) is 36.4 Å². The maximum absolute atomic E-state index is 11.1. The van der Waals surface area contributed by atoms with Crippen molar-refractivity contribution in [3.63, 3.8) is 0 Å². The molecule has 0 aliphatic carbocycles. The van der Waals surface area contributed by atoms with Crippen molar-refractivity contribution in [2.45, 2.75) is 0 Å². The Balaban J connectivity index is 0.000000686. The Morgan fingerprint density at radius 2 is 1.76 bits per heavy atom. The van der Waals surface area contributed by atoms with E-state index in [0.717, 1.165) is 10.8 Å². The molecule has 17 heavy (non-hydrogen) atoms. The molecule has 0 fully saturated rings. The molecule has 5 heteroatoms. The summed E-state index contributed by atoms with van der Waals surface area (Å²) in [5, 5.41) is 4.41. The lowest BCUT2D eigenvalue weighted by atomic mass is 10.1. The highest BCUT2D eigenvalue weighted by molar-refractivity contribution is 5.90. The van der Waals surface area contributed by atoms with Crippen LogP contribution in [0.4, 0.5) is 4.79 Å². The Morgan fingerprint density at radius 1 is 1.12 bits per heavy atom. The quantitative estimate of drug-likeness (QED) is 0.512. The maximum Gasteiger partial charge on any atom is 0.412 e. The SMILES string of the molecule is CNC(=O)Oc1cccc2ccccc12.NN. The predicted molar refractivity (Wildman–Crippen MR) is 67.4 cm³/mol. The number of hydrogen-bond donors (Lipinski definition) is 3. The zero-order valence-corrected chi connectivity index (χ0v) is 9.51. The normalized spacial score (nSPS) is 9.12. The first-order valence-corrected chi connectivity index (χ1v) is 5.02. The standard InChI is InChI=1S/C12H11NO2.H4N2/c1-13-12(14)15-11-8-4-6-9-5-2-3-7-10(9)11;1-2/h2-8H,1H3,(H,13,14);1-2H2. The summed E-state index contributed by atoms with van der Waals surface area (Å²) in [5.74, 6) is 8.58. The van der Waals surface area contributed by atoms with Gasteiger partial charge < -0.3 is 10.1 Å². The summed E-state index contributed by atoms with van der Waals surface area (Å²) < 4.78 is 5.13. The average molecular weight is 233 g/mol. The molecule has 0 unspecified atom stereocenters. The van der Waals surface area contributed by atoms with Gasteiger partial charge in [0.25, 0.3) is 0 Å². The molecule has 2 aromatic rings. The van der Waals surface area contributed by atoms with Gasteiger partial charge in [0, 0.05) is 12.4 Å². The summed E-state index contributed by atoms with van der Waals surface area (Å²) in [6, 6.07) is 13.4. The molecule has 0 aliphatic heterocycles. The van der Waals surface area contributed by atoms with E-state index in [0.29, 0.717) is 5.75 Å². The van der Waals surface area contributed by atoms with Crippen LogP contribution in [-0.4, -0.2) is 13.1 Å². The van der Waals surface area contributed by atoms with Crippen LogP contribution in [0.3, 0.4) is 0 Å². The number of nitrogens with two attached hydrogens (primary N) is 2. The summed E-state index contributed by atoms with van der Waals surface area (Å²) in [5.41, 5.74) is 0. The fraction of sp³-hybridized carbons (Fsp3) is 0.0833. The van der Waals surface area contributed by atoms with E-state index in [2.05, 4.69) is 17.0 Å². The van der Waals surface area contributed by atoms with Crippen molar-refractivity contribution in [2.24, 2.45) is 11.7 Å². The number of carbonyl (C=O) groups excluding carboxylic acids is 1. The maximum atomic E-state index is 11.1. The molecule has 0 saturated carbocycles. The van der Waals surface area contributed by atoms with Gasteiger partial charge >= 0.3 is 6.09 Å². The first-order chi connectivity index (χ1) is 8.31. The van der Waals surface area contributed by atoms with Crippen LogP contribution in [0.5, 0.6) is 5.75 Å². The highest BCUT2D eigenvalue weighted by Crippen LogP contribution is 2.24. The van der Waals surface area contributed by atoms with Crippen LogP contribution in [0.15, 0.2) is 42.5 Å². The molecule has 0 heterocycles. The zero-order valence-electron chi connectivity index (χ0n) is 9.51. The monoisotopic (exact) mass is 233 g/mol. The van der Waals surface area contributed by atoms with Gasteiger partial charge in [-0.05, 0) is 11.5 Å². The van der Waals surface area contributed by atoms with Crippen molar-refractivity contribution >= 4 is 16.9 Å². The van der Waals surface area contributed by atoms with Crippen molar-refractivity contribution in [2.75, 3.05) is 7.05 Å². The molecular formula is C12H15N3O2. The number of ether oxygens (including phenoxy) is 1. The summed E-state index contributed by atoms with van der Waals surface area (Å²) in [4.78, 5) is 11.1. The van der Waals surface area contributed by atoms with Crippen LogP contribution >= 0.6 is 0 Å². The highest BCUT2D eigenvalue weighted by Gasteiger charge is 2.04. The van der Waals surface area contributed by atoms with E-state index in [9.17, 15) is 4.79 Å². The highest BCUT2D eigenvalue weighted by atomic mass is 16.6. The van der Waals surface area contributed by atoms with Crippen LogP contribution in [0, 0.1) is 0 Å². The fourth-order valence-corrected chi connectivity index (χ4v) is 1.44. The molecule has 0 radical (unpaired) electrons. The molecule has 2 rings (SSSR count). The van der Waals surface area contributed by atoms with Crippen LogP contribution in [0.1, 0.15) is 0 Å². The third-order valence-corrected chi connectivity index (χ3v) is 2.16. The van der Waals surface area contributed by atoms with Gasteiger partial charge in [0.2, 0.25) is 0 Å². The second-order valence-corrected chi connectivity index (χ2v) is 3.12. The zero-order chi connectivity index (χ0) is 12.7. The minimum absolute atomic E-state index is 0.452. The van der Waals surface area contributed by atoms with E-state index < -0.39 is 6.09 Å². The van der Waals surface area contributed by atoms with Crippen LogP contribution in [0.2, 0.25) is 0 Å². The van der Waals surface area contributed by atoms with E-state index in [-0.39, 0.29) is 0 Å². The number of carbonyl (C=O) groups is 1. The number of nitrogens with one attached hydrogen (secondary N) is 1. The molecule has 0 bridgehead atoms. The topological polar surface area (TPSA) is 90.4 Å². The van der Waals surface area contributed by atoms with E-state index in [4.69, 9.17) is 4.74 Å². The molecule has 0 aromatic heterocycles. The van der Waals surface area contributed by atoms with E-state index in [1.165, 1.54) is 7.05 Å². The number of hydrazine groups is 1. The molecule has 2 aromatic carbocycles. The predicted octanol–water partition coefficient (Wildman–Crippen LogP) is 1.38. The van der Waals surface area contributed by atoms with Crippen molar-refractivity contribution in [3.8, 4) is 5.75 Å². The molecule has 5 nitrogen and oxygen atoms in total. The average Bonchev–Trinajstić information content (AvgIpc) is 2.41. The van der Waals surface area contributed by atoms with Gasteiger partial charge in [-0.3, -0.25) is 11.7 Å². The molecule has 5 N–H and O–H groups in total. The Kier molecular flexibility index (Phi) is 4.93. The van der Waals surface area contributed by atoms with Crippen LogP contribution < -0.4 is 21.7 Å². The molecule has 0 aliphatic rings. The van der Waals surface area contributed by atoms with Gasteiger partial charge in [-0.1, -0.05) is 36.4 Å². The Hall–Kier alpha value is -2.11. The molecule has 0 atom stereocenters. The van der Waals surface area contributed by atoms with Crippen molar-refractivity contribution in [1.29, 1.82) is 0 Å². The van der Waals surface area contributed by atoms with Gasteiger partial charge in [-0.2, -0.15) is 0 Å². The van der Waals surface area contributed by atoms with Gasteiger partial charge in [0.05, 0.1) is 0 Å². The minimum atomic E-state index is -0.452. The van der Waals surface area contributed by atoms with Gasteiger partial charge in [-0.25, -0.2) is 4.79 Å². The summed E-state index contributed by atoms with van der Waals surface area (Å²) in [7, 11) is 1.54. The third-order valence-electron chi connectivity index (χ3n) is 2.16. The van der Waals surface area contributed by atoms with Crippen molar-refractivity contribution in [3.05, 3.63) is 42.5 Å². The Bertz CT molecular complexity index is 495. The smallest absolute Gasteiger partial charge is 0.410 e. The second kappa shape index (κ2) is 6.47. The summed E-state index contributed by atoms with van der Waals surface area (Å²) in [6.45, 7) is 0. The van der Waals surface area contributed by atoms with Gasteiger partial charge in [-0.15, -0.1) is 0 Å². The summed E-state index contributed by atoms with van der Waals surface area (Å²) >= 11 is 0. The van der Waals surface area contributed by atoms with Crippen LogP contribution in [0.25, 0.3) is 10.8 Å². The molecular weight excluding hydrogens is 218 g/mol. The van der Waals surface area contributed by atoms with E-state index >= 15 is 0 Å². The lowest BCUT2D eigenvalue weighted by Crippen LogP contribution is -2.22. The molecule has 1 amide bonds. The number of amides is 1. The molecule has 0 spiro atoms. The first kappa shape index (κ1) is 13.0. The molecule has 90 valence electrons. The number of hydrogen-bond acceptors (Lipinski definition) is 4. The van der Waals surface area contributed by atoms with Crippen molar-refractivity contribution < 1.29 is 9.53 Å². The molecule has 0 saturated heterocycles. The number of fused-ring (bicyclic) bond motifs is 1. The Labute approximate surface area is 99.3 Å². The Morgan fingerprint density at radius 3 is 2.47 bits per heavy atom. The fourth-order valence-electron chi connectivity index (χ4n) is 1.44. The lowest BCUT2D eigenvalue weighted by Gasteiger charge is -2.06. The van der Waals surface area contributed by atoms with Gasteiger partial charge in [0.15, 0.2) is 0 Å². The van der Waals surface area contributed by atoms with E-state index in [1.54, 1.807) is 6.07 Å². The van der Waals surface area contributed by atoms with Crippen LogP contribution in [-0.2, 0) is 0 Å². The lowest BCUT2D eigenvalue weighted by molar-refractivity contribution is 0.203. The largest absolute Gasteiger partial charge is 0.412 e. The third kappa shape index (κ3) is 3.17. The second-order valence-electron chi connectivity index (χ2n) is 3.12.